The van der Waals surface area contributed by atoms with Gasteiger partial charge in [-0.1, -0.05) is 18.2 Å². The number of nitrogens with one attached hydrogen (secondary N) is 2. The number of thioether (sulfide) groups is 1. The predicted molar refractivity (Wildman–Crippen MR) is 116 cm³/mol. The second-order valence-corrected chi connectivity index (χ2v) is 8.04. The molecule has 1 aliphatic carbocycles. The lowest BCUT2D eigenvalue weighted by Gasteiger charge is -2.27. The Hall–Kier alpha value is -2.19. The van der Waals surface area contributed by atoms with Gasteiger partial charge in [0.1, 0.15) is 0 Å². The van der Waals surface area contributed by atoms with Crippen LogP contribution in [-0.4, -0.2) is 29.3 Å². The van der Waals surface area contributed by atoms with Crippen molar-refractivity contribution in [3.8, 4) is 0 Å². The van der Waals surface area contributed by atoms with E-state index in [0.29, 0.717) is 30.1 Å². The summed E-state index contributed by atoms with van der Waals surface area (Å²) in [5.41, 5.74) is 7.19. The Labute approximate surface area is 170 Å². The van der Waals surface area contributed by atoms with Gasteiger partial charge in [0.15, 0.2) is 11.5 Å². The number of aromatic nitrogens is 2. The predicted octanol–water partition coefficient (Wildman–Crippen LogP) is 4.39. The smallest absolute Gasteiger partial charge is 0.225 e. The summed E-state index contributed by atoms with van der Waals surface area (Å²) >= 11 is 1.71. The molecular formula is C20H28N6OS. The highest BCUT2D eigenvalue weighted by molar-refractivity contribution is 7.98. The van der Waals surface area contributed by atoms with Crippen molar-refractivity contribution >= 4 is 29.2 Å². The molecule has 2 aromatic rings. The first-order valence-electron chi connectivity index (χ1n) is 9.73. The maximum Gasteiger partial charge on any atom is 0.225 e. The Kier molecular flexibility index (Phi) is 7.62. The molecule has 8 heteroatoms. The van der Waals surface area contributed by atoms with Gasteiger partial charge in [-0.2, -0.15) is 4.98 Å². The highest BCUT2D eigenvalue weighted by atomic mass is 32.2. The molecule has 0 amide bonds. The Morgan fingerprint density at radius 1 is 1.18 bits per heavy atom. The van der Waals surface area contributed by atoms with E-state index in [4.69, 9.17) is 5.73 Å². The number of hydrogen-bond donors (Lipinski definition) is 3. The molecule has 28 heavy (non-hydrogen) atoms. The van der Waals surface area contributed by atoms with Crippen LogP contribution in [0.2, 0.25) is 0 Å². The van der Waals surface area contributed by atoms with Gasteiger partial charge in [-0.3, -0.25) is 0 Å². The van der Waals surface area contributed by atoms with Crippen LogP contribution >= 0.6 is 11.8 Å². The first-order valence-corrected chi connectivity index (χ1v) is 11.0. The minimum absolute atomic E-state index is 0.241. The molecule has 150 valence electrons. The summed E-state index contributed by atoms with van der Waals surface area (Å²) in [5, 5.41) is 9.61. The van der Waals surface area contributed by atoms with Gasteiger partial charge in [0.2, 0.25) is 5.95 Å². The number of anilines is 2. The van der Waals surface area contributed by atoms with Crippen LogP contribution < -0.4 is 16.4 Å². The minimum atomic E-state index is 0.241. The van der Waals surface area contributed by atoms with Crippen LogP contribution in [0.3, 0.4) is 0 Å². The van der Waals surface area contributed by atoms with E-state index in [9.17, 15) is 4.91 Å². The van der Waals surface area contributed by atoms with Gasteiger partial charge in [-0.15, -0.1) is 16.7 Å². The summed E-state index contributed by atoms with van der Waals surface area (Å²) in [6, 6.07) is 8.22. The fourth-order valence-electron chi connectivity index (χ4n) is 3.59. The third-order valence-corrected chi connectivity index (χ3v) is 6.19. The molecule has 1 fully saturated rings. The lowest BCUT2D eigenvalue weighted by atomic mass is 9.82. The molecule has 0 aliphatic heterocycles. The van der Waals surface area contributed by atoms with Crippen molar-refractivity contribution in [2.45, 2.75) is 37.1 Å². The normalized spacial score (nSPS) is 19.2. The Morgan fingerprint density at radius 3 is 2.64 bits per heavy atom. The number of nitrogens with zero attached hydrogens (tertiary/aromatic N) is 3. The molecule has 0 unspecified atom stereocenters. The molecule has 0 saturated heterocycles. The standard InChI is InChI=1S/C20H28N6OS/c1-28-18-5-3-2-4-16(18)12-23-20-24-13-17(26-27)19(25-20)22-11-15-8-6-14(10-21)7-9-15/h2-5,13-15H,6-12,21H2,1H3,(H2,22,23,24,25). The third-order valence-electron chi connectivity index (χ3n) is 5.36. The van der Waals surface area contributed by atoms with Crippen molar-refractivity contribution in [3.63, 3.8) is 0 Å². The van der Waals surface area contributed by atoms with Gasteiger partial charge < -0.3 is 16.4 Å². The van der Waals surface area contributed by atoms with E-state index in [0.717, 1.165) is 25.9 Å². The molecule has 1 aliphatic rings. The minimum Gasteiger partial charge on any atom is -0.368 e. The molecule has 1 heterocycles. The van der Waals surface area contributed by atoms with Gasteiger partial charge in [0.05, 0.1) is 6.20 Å². The molecule has 1 aromatic heterocycles. The zero-order chi connectivity index (χ0) is 19.8. The van der Waals surface area contributed by atoms with Crippen LogP contribution in [-0.2, 0) is 6.54 Å². The highest BCUT2D eigenvalue weighted by Crippen LogP contribution is 2.30. The van der Waals surface area contributed by atoms with Crippen molar-refractivity contribution < 1.29 is 0 Å². The first-order chi connectivity index (χ1) is 13.7. The van der Waals surface area contributed by atoms with E-state index in [-0.39, 0.29) is 5.69 Å². The number of nitrogens with two attached hydrogens (primary N) is 1. The summed E-state index contributed by atoms with van der Waals surface area (Å²) in [6.45, 7) is 2.18. The Morgan fingerprint density at radius 2 is 1.93 bits per heavy atom. The van der Waals surface area contributed by atoms with Crippen molar-refractivity contribution in [1.82, 2.24) is 9.97 Å². The maximum absolute atomic E-state index is 11.1. The number of rotatable bonds is 9. The highest BCUT2D eigenvalue weighted by Gasteiger charge is 2.20. The van der Waals surface area contributed by atoms with Crippen LogP contribution in [0.5, 0.6) is 0 Å². The molecular weight excluding hydrogens is 372 g/mol. The lowest BCUT2D eigenvalue weighted by Crippen LogP contribution is -2.25. The first kappa shape index (κ1) is 20.5. The maximum atomic E-state index is 11.1. The van der Waals surface area contributed by atoms with E-state index >= 15 is 0 Å². The SMILES string of the molecule is CSc1ccccc1CNc1ncc(N=O)c(NCC2CCC(CN)CC2)n1. The molecule has 0 bridgehead atoms. The molecule has 1 saturated carbocycles. The second kappa shape index (κ2) is 10.4. The molecule has 1 aromatic carbocycles. The van der Waals surface area contributed by atoms with Crippen molar-refractivity contribution in [2.75, 3.05) is 30.0 Å². The van der Waals surface area contributed by atoms with E-state index in [1.54, 1.807) is 11.8 Å². The van der Waals surface area contributed by atoms with Gasteiger partial charge >= 0.3 is 0 Å². The van der Waals surface area contributed by atoms with Crippen LogP contribution in [0.4, 0.5) is 17.5 Å². The second-order valence-electron chi connectivity index (χ2n) is 7.19. The van der Waals surface area contributed by atoms with Crippen LogP contribution in [0.25, 0.3) is 0 Å². The fraction of sp³-hybridized carbons (Fsp3) is 0.500. The van der Waals surface area contributed by atoms with Crippen molar-refractivity contribution in [3.05, 3.63) is 40.9 Å². The summed E-state index contributed by atoms with van der Waals surface area (Å²) in [5.74, 6) is 2.20. The van der Waals surface area contributed by atoms with Crippen LogP contribution in [0.15, 0.2) is 40.5 Å². The molecule has 0 atom stereocenters. The Bertz CT molecular complexity index is 779. The molecule has 0 radical (unpaired) electrons. The summed E-state index contributed by atoms with van der Waals surface area (Å²) in [7, 11) is 0. The lowest BCUT2D eigenvalue weighted by molar-refractivity contribution is 0.289. The largest absolute Gasteiger partial charge is 0.368 e. The molecule has 3 rings (SSSR count). The molecule has 4 N–H and O–H groups in total. The zero-order valence-corrected chi connectivity index (χ0v) is 17.0. The van der Waals surface area contributed by atoms with E-state index < -0.39 is 0 Å². The topological polar surface area (TPSA) is 105 Å². The fourth-order valence-corrected chi connectivity index (χ4v) is 4.21. The van der Waals surface area contributed by atoms with Crippen LogP contribution in [0, 0.1) is 16.7 Å². The zero-order valence-electron chi connectivity index (χ0n) is 16.2. The van der Waals surface area contributed by atoms with Crippen molar-refractivity contribution in [1.29, 1.82) is 0 Å². The quantitative estimate of drug-likeness (QED) is 0.423. The summed E-state index contributed by atoms with van der Waals surface area (Å²) < 4.78 is 0. The summed E-state index contributed by atoms with van der Waals surface area (Å²) in [4.78, 5) is 21.0. The van der Waals surface area contributed by atoms with Gasteiger partial charge in [-0.25, -0.2) is 4.98 Å². The molecule has 0 spiro atoms. The van der Waals surface area contributed by atoms with Gasteiger partial charge in [-0.05, 0) is 67.1 Å². The van der Waals surface area contributed by atoms with Gasteiger partial charge in [0, 0.05) is 18.0 Å². The average molecular weight is 401 g/mol. The molecule has 7 nitrogen and oxygen atoms in total. The van der Waals surface area contributed by atoms with E-state index in [1.165, 1.54) is 29.5 Å². The van der Waals surface area contributed by atoms with E-state index in [1.807, 2.05) is 12.1 Å². The van der Waals surface area contributed by atoms with Crippen molar-refractivity contribution in [2.24, 2.45) is 22.7 Å². The van der Waals surface area contributed by atoms with Crippen LogP contribution in [0.1, 0.15) is 31.2 Å². The number of hydrogen-bond acceptors (Lipinski definition) is 8. The summed E-state index contributed by atoms with van der Waals surface area (Å²) in [6.07, 6.45) is 8.18. The monoisotopic (exact) mass is 400 g/mol. The van der Waals surface area contributed by atoms with Gasteiger partial charge in [0.25, 0.3) is 0 Å². The van der Waals surface area contributed by atoms with E-state index in [2.05, 4.69) is 44.2 Å². The third kappa shape index (κ3) is 5.42. The number of benzene rings is 1. The Balaban J connectivity index is 1.61. The average Bonchev–Trinajstić information content (AvgIpc) is 2.76. The number of nitroso groups, excluding NO2 is 1.